The van der Waals surface area contributed by atoms with Crippen LogP contribution in [0.25, 0.3) is 6.08 Å². The number of hydrogen-bond donors (Lipinski definition) is 1. The summed E-state index contributed by atoms with van der Waals surface area (Å²) in [6, 6.07) is 15.2. The van der Waals surface area contributed by atoms with E-state index in [1.54, 1.807) is 35.2 Å². The third-order valence-electron chi connectivity index (χ3n) is 5.23. The maximum atomic E-state index is 13.0. The van der Waals surface area contributed by atoms with Gasteiger partial charge in [0.05, 0.1) is 35.1 Å². The second-order valence-electron chi connectivity index (χ2n) is 7.76. The highest BCUT2D eigenvalue weighted by Gasteiger charge is 2.32. The fourth-order valence-corrected chi connectivity index (χ4v) is 6.23. The fraction of sp³-hybridized carbons (Fsp3) is 0.115. The fourth-order valence-electron chi connectivity index (χ4n) is 3.40. The smallest absolute Gasteiger partial charge is 0.335 e. The summed E-state index contributed by atoms with van der Waals surface area (Å²) in [5, 5.41) is 10.6. The van der Waals surface area contributed by atoms with Gasteiger partial charge in [0.2, 0.25) is 0 Å². The van der Waals surface area contributed by atoms with Gasteiger partial charge in [-0.05, 0) is 116 Å². The monoisotopic (exact) mass is 682 g/mol. The van der Waals surface area contributed by atoms with Crippen molar-refractivity contribution in [3.05, 3.63) is 95.2 Å². The van der Waals surface area contributed by atoms with Gasteiger partial charge < -0.3 is 9.84 Å². The van der Waals surface area contributed by atoms with Crippen molar-refractivity contribution in [1.29, 1.82) is 0 Å². The lowest BCUT2D eigenvalue weighted by atomic mass is 10.2. The van der Waals surface area contributed by atoms with E-state index in [0.717, 1.165) is 11.1 Å². The van der Waals surface area contributed by atoms with E-state index in [-0.39, 0.29) is 11.5 Å². The Labute approximate surface area is 244 Å². The van der Waals surface area contributed by atoms with Crippen molar-refractivity contribution >= 4 is 95.6 Å². The number of carbonyl (C=O) groups is 2. The lowest BCUT2D eigenvalue weighted by Gasteiger charge is -2.12. The molecule has 0 aliphatic carbocycles. The minimum Gasteiger partial charge on any atom is -0.487 e. The summed E-state index contributed by atoms with van der Waals surface area (Å²) in [5.74, 6) is -0.547. The van der Waals surface area contributed by atoms with Crippen molar-refractivity contribution in [2.45, 2.75) is 13.5 Å². The molecule has 3 aromatic carbocycles. The zero-order chi connectivity index (χ0) is 26.7. The highest BCUT2D eigenvalue weighted by atomic mass is 79.9. The first-order chi connectivity index (χ1) is 17.7. The first-order valence-electron chi connectivity index (χ1n) is 10.9. The second kappa shape index (κ2) is 12.0. The third kappa shape index (κ3) is 6.59. The summed E-state index contributed by atoms with van der Waals surface area (Å²) in [6.07, 6.45) is 1.80. The molecule has 37 heavy (non-hydrogen) atoms. The average Bonchev–Trinajstić information content (AvgIpc) is 3.14. The van der Waals surface area contributed by atoms with Crippen molar-refractivity contribution in [2.24, 2.45) is 4.99 Å². The lowest BCUT2D eigenvalue weighted by Crippen LogP contribution is -2.28. The number of aliphatic imine (C=N–C) groups is 1. The Balaban J connectivity index is 1.54. The molecule has 3 aromatic rings. The van der Waals surface area contributed by atoms with Gasteiger partial charge in [-0.25, -0.2) is 9.79 Å². The molecule has 11 heteroatoms. The Kier molecular flexibility index (Phi) is 9.03. The van der Waals surface area contributed by atoms with Crippen LogP contribution in [-0.4, -0.2) is 33.6 Å². The van der Waals surface area contributed by atoms with Gasteiger partial charge in [-0.3, -0.25) is 9.69 Å². The van der Waals surface area contributed by atoms with Crippen molar-refractivity contribution in [1.82, 2.24) is 4.90 Å². The van der Waals surface area contributed by atoms with E-state index in [0.29, 0.717) is 53.7 Å². The predicted octanol–water partition coefficient (Wildman–Crippen LogP) is 8.42. The topological polar surface area (TPSA) is 79.2 Å². The molecular weight excluding hydrogens is 667 g/mol. The number of amides is 1. The van der Waals surface area contributed by atoms with Crippen LogP contribution in [0.3, 0.4) is 0 Å². The number of ether oxygens (including phenoxy) is 1. The quantitative estimate of drug-likeness (QED) is 0.253. The molecule has 0 unspecified atom stereocenters. The summed E-state index contributed by atoms with van der Waals surface area (Å²) >= 11 is 20.5. The molecule has 1 heterocycles. The van der Waals surface area contributed by atoms with Gasteiger partial charge in [-0.2, -0.15) is 0 Å². The van der Waals surface area contributed by atoms with E-state index in [4.69, 9.17) is 33.0 Å². The number of nitrogens with zero attached hydrogens (tertiary/aromatic N) is 2. The van der Waals surface area contributed by atoms with Crippen LogP contribution in [-0.2, 0) is 11.4 Å². The number of amidine groups is 1. The summed E-state index contributed by atoms with van der Waals surface area (Å²) in [5.41, 5.74) is 2.40. The van der Waals surface area contributed by atoms with Crippen molar-refractivity contribution in [3.8, 4) is 5.75 Å². The zero-order valence-electron chi connectivity index (χ0n) is 19.2. The summed E-state index contributed by atoms with van der Waals surface area (Å²) in [6.45, 7) is 2.61. The minimum atomic E-state index is -1.01. The maximum Gasteiger partial charge on any atom is 0.335 e. The molecule has 1 N–H and O–H groups in total. The highest BCUT2D eigenvalue weighted by Crippen LogP contribution is 2.39. The molecule has 0 saturated carbocycles. The summed E-state index contributed by atoms with van der Waals surface area (Å²) < 4.78 is 7.41. The van der Waals surface area contributed by atoms with E-state index < -0.39 is 5.97 Å². The van der Waals surface area contributed by atoms with E-state index in [2.05, 4.69) is 36.9 Å². The lowest BCUT2D eigenvalue weighted by molar-refractivity contribution is -0.122. The highest BCUT2D eigenvalue weighted by molar-refractivity contribution is 9.11. The van der Waals surface area contributed by atoms with Crippen LogP contribution in [0.5, 0.6) is 5.75 Å². The maximum absolute atomic E-state index is 13.0. The molecule has 6 nitrogen and oxygen atoms in total. The number of hydrogen-bond acceptors (Lipinski definition) is 5. The number of halogens is 4. The van der Waals surface area contributed by atoms with Crippen LogP contribution in [0.4, 0.5) is 5.69 Å². The number of benzene rings is 3. The third-order valence-corrected chi connectivity index (χ3v) is 8.15. The molecule has 1 aliphatic heterocycles. The normalized spacial score (nSPS) is 15.6. The van der Waals surface area contributed by atoms with Crippen molar-refractivity contribution in [2.75, 3.05) is 6.54 Å². The molecule has 1 saturated heterocycles. The Hall–Kier alpha value is -2.30. The van der Waals surface area contributed by atoms with Crippen LogP contribution in [0.1, 0.15) is 28.4 Å². The molecule has 1 fully saturated rings. The molecule has 1 amide bonds. The molecule has 0 radical (unpaired) electrons. The number of carboxylic acids is 1. The molecule has 0 atom stereocenters. The first-order valence-corrected chi connectivity index (χ1v) is 14.0. The molecule has 190 valence electrons. The number of carbonyl (C=O) groups excluding carboxylic acids is 1. The SMILES string of the molecule is CCN1C(=O)C(=Cc2cc(Br)c(OCc3ccc(Cl)c(Cl)c3)c(Br)c2)SC1=Nc1ccc(C(=O)O)cc1. The van der Waals surface area contributed by atoms with Gasteiger partial charge in [-0.1, -0.05) is 29.3 Å². The van der Waals surface area contributed by atoms with Gasteiger partial charge in [0.25, 0.3) is 5.91 Å². The molecule has 0 spiro atoms. The van der Waals surface area contributed by atoms with Crippen molar-refractivity contribution < 1.29 is 19.4 Å². The largest absolute Gasteiger partial charge is 0.487 e. The molecule has 1 aliphatic rings. The van der Waals surface area contributed by atoms with Gasteiger partial charge in [0.1, 0.15) is 12.4 Å². The van der Waals surface area contributed by atoms with Gasteiger partial charge in [-0.15, -0.1) is 0 Å². The minimum absolute atomic E-state index is 0.152. The Morgan fingerprint density at radius 1 is 1.08 bits per heavy atom. The Morgan fingerprint density at radius 2 is 1.76 bits per heavy atom. The molecular formula is C26H18Br2Cl2N2O4S. The van der Waals surface area contributed by atoms with Crippen LogP contribution in [0.15, 0.2) is 73.4 Å². The van der Waals surface area contributed by atoms with E-state index in [1.807, 2.05) is 25.1 Å². The number of carboxylic acid groups (broad SMARTS) is 1. The van der Waals surface area contributed by atoms with Crippen molar-refractivity contribution in [3.63, 3.8) is 0 Å². The number of aromatic carboxylic acids is 1. The van der Waals surface area contributed by atoms with E-state index in [9.17, 15) is 9.59 Å². The van der Waals surface area contributed by atoms with Crippen LogP contribution < -0.4 is 4.74 Å². The van der Waals surface area contributed by atoms with E-state index in [1.165, 1.54) is 23.9 Å². The molecule has 4 rings (SSSR count). The summed E-state index contributed by atoms with van der Waals surface area (Å²) in [7, 11) is 0. The summed E-state index contributed by atoms with van der Waals surface area (Å²) in [4.78, 5) is 30.8. The van der Waals surface area contributed by atoms with Gasteiger partial charge >= 0.3 is 5.97 Å². The van der Waals surface area contributed by atoms with Crippen LogP contribution >= 0.6 is 66.8 Å². The van der Waals surface area contributed by atoms with Crippen LogP contribution in [0.2, 0.25) is 10.0 Å². The van der Waals surface area contributed by atoms with Gasteiger partial charge in [0.15, 0.2) is 5.17 Å². The Morgan fingerprint density at radius 3 is 2.35 bits per heavy atom. The van der Waals surface area contributed by atoms with E-state index >= 15 is 0 Å². The van der Waals surface area contributed by atoms with Crippen LogP contribution in [0, 0.1) is 0 Å². The zero-order valence-corrected chi connectivity index (χ0v) is 24.7. The second-order valence-corrected chi connectivity index (χ2v) is 11.3. The predicted molar refractivity (Wildman–Crippen MR) is 156 cm³/mol. The van der Waals surface area contributed by atoms with Gasteiger partial charge in [0, 0.05) is 6.54 Å². The Bertz CT molecular complexity index is 1420. The average molecular weight is 685 g/mol. The molecule has 0 bridgehead atoms. The standard InChI is InChI=1S/C26H18Br2Cl2N2O4S/c1-2-32-24(33)22(37-26(32)31-17-6-4-16(5-7-17)25(34)35)12-15-9-18(27)23(19(28)10-15)36-13-14-3-8-20(29)21(30)11-14/h3-12H,2,13H2,1H3,(H,34,35). The number of likely N-dealkylation sites (N-methyl/N-ethyl adjacent to an activating group) is 1. The molecule has 0 aromatic heterocycles. The first kappa shape index (κ1) is 27.7. The number of thioether (sulfide) groups is 1. The number of rotatable bonds is 7.